The molecule has 0 bridgehead atoms. The average molecular weight is 277 g/mol. The van der Waals surface area contributed by atoms with Crippen molar-refractivity contribution in [2.24, 2.45) is 0 Å². The Labute approximate surface area is 114 Å². The first-order valence-corrected chi connectivity index (χ1v) is 7.07. The number of hydrogen-bond acceptors (Lipinski definition) is 4. The zero-order valence-electron chi connectivity index (χ0n) is 10.8. The second-order valence-electron chi connectivity index (χ2n) is 3.84. The first kappa shape index (κ1) is 13.5. The summed E-state index contributed by atoms with van der Waals surface area (Å²) in [7, 11) is 2.00. The number of nitrogens with zero attached hydrogens (tertiary/aromatic N) is 1. The van der Waals surface area contributed by atoms with Crippen LogP contribution in [-0.2, 0) is 16.6 Å². The highest BCUT2D eigenvalue weighted by molar-refractivity contribution is 7.84. The molecule has 2 rings (SSSR count). The summed E-state index contributed by atoms with van der Waals surface area (Å²) in [6, 6.07) is 12.7. The summed E-state index contributed by atoms with van der Waals surface area (Å²) < 4.78 is 22.4. The van der Waals surface area contributed by atoms with Gasteiger partial charge in [-0.25, -0.2) is 4.98 Å². The summed E-state index contributed by atoms with van der Waals surface area (Å²) >= 11 is 0. The first-order chi connectivity index (χ1) is 9.22. The van der Waals surface area contributed by atoms with Crippen LogP contribution in [0.3, 0.4) is 0 Å². The molecule has 0 N–H and O–H groups in total. The van der Waals surface area contributed by atoms with Crippen LogP contribution < -0.4 is 9.47 Å². The van der Waals surface area contributed by atoms with Gasteiger partial charge in [-0.2, -0.15) is 0 Å². The number of aromatic nitrogens is 1. The van der Waals surface area contributed by atoms with E-state index in [1.54, 1.807) is 26.4 Å². The number of methoxy groups -OCH3 is 2. The highest BCUT2D eigenvalue weighted by atomic mass is 32.2. The fraction of sp³-hybridized carbons (Fsp3) is 0.214. The van der Waals surface area contributed by atoms with Gasteiger partial charge in [0.2, 0.25) is 5.88 Å². The Balaban J connectivity index is 2.15. The normalized spacial score (nSPS) is 11.9. The van der Waals surface area contributed by atoms with Crippen LogP contribution in [0, 0.1) is 0 Å². The van der Waals surface area contributed by atoms with Gasteiger partial charge in [0.1, 0.15) is 5.75 Å². The summed E-state index contributed by atoms with van der Waals surface area (Å²) in [5, 5.41) is 0. The smallest absolute Gasteiger partial charge is 0.213 e. The van der Waals surface area contributed by atoms with Crippen LogP contribution in [0.1, 0.15) is 5.69 Å². The molecule has 19 heavy (non-hydrogen) atoms. The van der Waals surface area contributed by atoms with Crippen LogP contribution in [0.5, 0.6) is 11.6 Å². The summed E-state index contributed by atoms with van der Waals surface area (Å²) in [5.74, 6) is 1.58. The van der Waals surface area contributed by atoms with Gasteiger partial charge in [-0.3, -0.25) is 4.21 Å². The summed E-state index contributed by atoms with van der Waals surface area (Å²) in [5.41, 5.74) is 0.737. The van der Waals surface area contributed by atoms with E-state index in [1.165, 1.54) is 0 Å². The molecule has 100 valence electrons. The molecule has 0 radical (unpaired) electrons. The molecule has 0 aliphatic heterocycles. The quantitative estimate of drug-likeness (QED) is 0.842. The first-order valence-electron chi connectivity index (χ1n) is 5.75. The standard InChI is InChI=1S/C14H15NO3S/c1-17-12-6-4-7-13(9-12)19(16)10-11-5-3-8-14(15-11)18-2/h3-9H,10H2,1-2H3/t19-/m1/s1. The van der Waals surface area contributed by atoms with E-state index in [2.05, 4.69) is 4.98 Å². The van der Waals surface area contributed by atoms with Gasteiger partial charge in [0.05, 0.1) is 36.5 Å². The third-order valence-electron chi connectivity index (χ3n) is 2.57. The Bertz CT molecular complexity index is 586. The number of hydrogen-bond donors (Lipinski definition) is 0. The van der Waals surface area contributed by atoms with Crippen molar-refractivity contribution in [3.05, 3.63) is 48.2 Å². The van der Waals surface area contributed by atoms with Crippen molar-refractivity contribution in [2.75, 3.05) is 14.2 Å². The number of rotatable bonds is 5. The van der Waals surface area contributed by atoms with Crippen LogP contribution in [0.2, 0.25) is 0 Å². The molecule has 4 nitrogen and oxygen atoms in total. The molecular weight excluding hydrogens is 262 g/mol. The van der Waals surface area contributed by atoms with Gasteiger partial charge in [-0.15, -0.1) is 0 Å². The molecule has 0 aliphatic rings. The topological polar surface area (TPSA) is 48.4 Å². The predicted octanol–water partition coefficient (Wildman–Crippen LogP) is 2.41. The van der Waals surface area contributed by atoms with Crippen molar-refractivity contribution in [3.8, 4) is 11.6 Å². The number of benzene rings is 1. The molecule has 2 aromatic rings. The van der Waals surface area contributed by atoms with Crippen molar-refractivity contribution in [2.45, 2.75) is 10.6 Å². The molecule has 1 atom stereocenters. The van der Waals surface area contributed by atoms with Crippen molar-refractivity contribution >= 4 is 10.8 Å². The van der Waals surface area contributed by atoms with E-state index < -0.39 is 10.8 Å². The third kappa shape index (κ3) is 3.54. The van der Waals surface area contributed by atoms with Crippen LogP contribution in [0.15, 0.2) is 47.4 Å². The largest absolute Gasteiger partial charge is 0.497 e. The van der Waals surface area contributed by atoms with Gasteiger partial charge in [-0.1, -0.05) is 12.1 Å². The van der Waals surface area contributed by atoms with E-state index in [1.807, 2.05) is 30.3 Å². The van der Waals surface area contributed by atoms with Crippen LogP contribution >= 0.6 is 0 Å². The van der Waals surface area contributed by atoms with E-state index in [0.717, 1.165) is 10.6 Å². The van der Waals surface area contributed by atoms with Crippen molar-refractivity contribution in [3.63, 3.8) is 0 Å². The average Bonchev–Trinajstić information content (AvgIpc) is 2.47. The minimum atomic E-state index is -1.15. The van der Waals surface area contributed by atoms with Crippen molar-refractivity contribution in [1.29, 1.82) is 0 Å². The Morgan fingerprint density at radius 3 is 2.63 bits per heavy atom. The summed E-state index contributed by atoms with van der Waals surface area (Å²) in [6.45, 7) is 0. The van der Waals surface area contributed by atoms with Crippen LogP contribution in [0.25, 0.3) is 0 Å². The van der Waals surface area contributed by atoms with Crippen LogP contribution in [0.4, 0.5) is 0 Å². The molecule has 0 saturated carbocycles. The molecule has 1 aromatic heterocycles. The van der Waals surface area contributed by atoms with Crippen LogP contribution in [-0.4, -0.2) is 23.4 Å². The number of ether oxygens (including phenoxy) is 2. The zero-order valence-corrected chi connectivity index (χ0v) is 11.6. The van der Waals surface area contributed by atoms with E-state index in [0.29, 0.717) is 17.4 Å². The molecule has 0 saturated heterocycles. The van der Waals surface area contributed by atoms with E-state index in [-0.39, 0.29) is 0 Å². The summed E-state index contributed by atoms with van der Waals surface area (Å²) in [6.07, 6.45) is 0. The zero-order chi connectivity index (χ0) is 13.7. The highest BCUT2D eigenvalue weighted by Crippen LogP contribution is 2.18. The Morgan fingerprint density at radius 2 is 1.89 bits per heavy atom. The van der Waals surface area contributed by atoms with Crippen molar-refractivity contribution in [1.82, 2.24) is 4.98 Å². The molecule has 1 aromatic carbocycles. The maximum absolute atomic E-state index is 12.3. The lowest BCUT2D eigenvalue weighted by Gasteiger charge is -2.05. The second kappa shape index (κ2) is 6.33. The minimum Gasteiger partial charge on any atom is -0.497 e. The highest BCUT2D eigenvalue weighted by Gasteiger charge is 2.08. The Morgan fingerprint density at radius 1 is 1.11 bits per heavy atom. The lowest BCUT2D eigenvalue weighted by molar-refractivity contribution is 0.397. The second-order valence-corrected chi connectivity index (χ2v) is 5.29. The monoisotopic (exact) mass is 277 g/mol. The maximum Gasteiger partial charge on any atom is 0.213 e. The van der Waals surface area contributed by atoms with Gasteiger partial charge >= 0.3 is 0 Å². The SMILES string of the molecule is COc1cccc([S@](=O)Cc2cccc(OC)n2)c1. The fourth-order valence-corrected chi connectivity index (χ4v) is 2.69. The van der Waals surface area contributed by atoms with E-state index in [4.69, 9.17) is 9.47 Å². The molecule has 0 aliphatic carbocycles. The van der Waals surface area contributed by atoms with E-state index in [9.17, 15) is 4.21 Å². The van der Waals surface area contributed by atoms with Crippen molar-refractivity contribution < 1.29 is 13.7 Å². The lowest BCUT2D eigenvalue weighted by Crippen LogP contribution is -2.00. The lowest BCUT2D eigenvalue weighted by atomic mass is 10.3. The number of pyridine rings is 1. The van der Waals surface area contributed by atoms with Gasteiger partial charge in [0.25, 0.3) is 0 Å². The molecule has 0 fully saturated rings. The third-order valence-corrected chi connectivity index (χ3v) is 3.91. The van der Waals surface area contributed by atoms with Gasteiger partial charge < -0.3 is 9.47 Å². The predicted molar refractivity (Wildman–Crippen MR) is 73.9 cm³/mol. The minimum absolute atomic E-state index is 0.352. The van der Waals surface area contributed by atoms with E-state index >= 15 is 0 Å². The van der Waals surface area contributed by atoms with Gasteiger partial charge in [0.15, 0.2) is 0 Å². The maximum atomic E-state index is 12.3. The molecule has 0 unspecified atom stereocenters. The summed E-state index contributed by atoms with van der Waals surface area (Å²) in [4.78, 5) is 4.98. The van der Waals surface area contributed by atoms with Gasteiger partial charge in [0, 0.05) is 11.0 Å². The van der Waals surface area contributed by atoms with Gasteiger partial charge in [-0.05, 0) is 24.3 Å². The molecule has 5 heteroatoms. The molecule has 0 amide bonds. The fourth-order valence-electron chi connectivity index (χ4n) is 1.61. The Kier molecular flexibility index (Phi) is 4.52. The molecule has 0 spiro atoms. The Hall–Kier alpha value is -1.88. The molecule has 1 heterocycles. The molecular formula is C14H15NO3S.